The maximum Gasteiger partial charge on any atom is 0.299 e. The molecule has 1 saturated carbocycles. The molecule has 0 saturated heterocycles. The van der Waals surface area contributed by atoms with Crippen LogP contribution in [-0.2, 0) is 0 Å². The highest BCUT2D eigenvalue weighted by atomic mass is 16.6. The van der Waals surface area contributed by atoms with E-state index in [1.165, 1.54) is 12.1 Å². The second-order valence-electron chi connectivity index (χ2n) is 4.92. The second-order valence-corrected chi connectivity index (χ2v) is 4.92. The molecule has 0 aromatic heterocycles. The fourth-order valence-electron chi connectivity index (χ4n) is 2.50. The van der Waals surface area contributed by atoms with E-state index in [-0.39, 0.29) is 35.6 Å². The van der Waals surface area contributed by atoms with E-state index in [2.05, 4.69) is 5.32 Å². The van der Waals surface area contributed by atoms with Crippen LogP contribution in [0.2, 0.25) is 0 Å². The van der Waals surface area contributed by atoms with Gasteiger partial charge < -0.3 is 10.4 Å². The third-order valence-electron chi connectivity index (χ3n) is 3.55. The van der Waals surface area contributed by atoms with Crippen LogP contribution >= 0.6 is 0 Å². The maximum atomic E-state index is 11.0. The van der Waals surface area contributed by atoms with Gasteiger partial charge in [-0.15, -0.1) is 0 Å². The molecule has 2 atom stereocenters. The molecule has 1 fully saturated rings. The summed E-state index contributed by atoms with van der Waals surface area (Å²) in [5, 5.41) is 33.8. The number of hydrogen-bond acceptors (Lipinski definition) is 6. The molecule has 108 valence electrons. The SMILES string of the molecule is O=[N+]([O-])c1ccc(NC2CCC(CO)C2)c([N+](=O)[O-])c1. The number of hydrogen-bond donors (Lipinski definition) is 2. The molecular weight excluding hydrogens is 266 g/mol. The minimum atomic E-state index is -0.659. The van der Waals surface area contributed by atoms with E-state index >= 15 is 0 Å². The van der Waals surface area contributed by atoms with Gasteiger partial charge in [-0.3, -0.25) is 20.2 Å². The molecule has 8 nitrogen and oxygen atoms in total. The molecule has 1 aliphatic rings. The molecule has 0 amide bonds. The Morgan fingerprint density at radius 2 is 2.00 bits per heavy atom. The molecule has 0 radical (unpaired) electrons. The van der Waals surface area contributed by atoms with Gasteiger partial charge in [0, 0.05) is 18.7 Å². The molecule has 1 aromatic rings. The zero-order chi connectivity index (χ0) is 14.7. The highest BCUT2D eigenvalue weighted by Gasteiger charge is 2.27. The van der Waals surface area contributed by atoms with Crippen molar-refractivity contribution in [2.75, 3.05) is 11.9 Å². The van der Waals surface area contributed by atoms with Gasteiger partial charge in [0.05, 0.1) is 15.9 Å². The van der Waals surface area contributed by atoms with Crippen molar-refractivity contribution in [1.29, 1.82) is 0 Å². The van der Waals surface area contributed by atoms with Crippen LogP contribution in [0.3, 0.4) is 0 Å². The molecule has 2 unspecified atom stereocenters. The van der Waals surface area contributed by atoms with E-state index in [4.69, 9.17) is 5.11 Å². The summed E-state index contributed by atoms with van der Waals surface area (Å²) in [6, 6.07) is 3.62. The first kappa shape index (κ1) is 14.2. The molecule has 20 heavy (non-hydrogen) atoms. The summed E-state index contributed by atoms with van der Waals surface area (Å²) < 4.78 is 0. The van der Waals surface area contributed by atoms with E-state index in [0.717, 1.165) is 25.3 Å². The normalized spacial score (nSPS) is 21.6. The Morgan fingerprint density at radius 1 is 1.25 bits per heavy atom. The minimum Gasteiger partial charge on any atom is -0.396 e. The lowest BCUT2D eigenvalue weighted by molar-refractivity contribution is -0.393. The summed E-state index contributed by atoms with van der Waals surface area (Å²) in [5.74, 6) is 0.213. The number of non-ortho nitro benzene ring substituents is 1. The van der Waals surface area contributed by atoms with Crippen LogP contribution in [0.5, 0.6) is 0 Å². The Kier molecular flexibility index (Phi) is 4.14. The first-order valence-electron chi connectivity index (χ1n) is 6.31. The van der Waals surface area contributed by atoms with Crippen LogP contribution in [-0.4, -0.2) is 27.6 Å². The van der Waals surface area contributed by atoms with Gasteiger partial charge in [-0.25, -0.2) is 0 Å². The molecule has 0 bridgehead atoms. The Morgan fingerprint density at radius 3 is 2.55 bits per heavy atom. The van der Waals surface area contributed by atoms with Crippen molar-refractivity contribution < 1.29 is 15.0 Å². The van der Waals surface area contributed by atoms with Crippen LogP contribution in [0.1, 0.15) is 19.3 Å². The van der Waals surface area contributed by atoms with Crippen molar-refractivity contribution in [3.8, 4) is 0 Å². The molecule has 8 heteroatoms. The van der Waals surface area contributed by atoms with Gasteiger partial charge in [-0.05, 0) is 31.2 Å². The first-order chi connectivity index (χ1) is 9.51. The molecule has 1 aliphatic carbocycles. The highest BCUT2D eigenvalue weighted by Crippen LogP contribution is 2.33. The number of nitro groups is 2. The molecular formula is C12H15N3O5. The molecule has 0 heterocycles. The number of nitro benzene ring substituents is 2. The average molecular weight is 281 g/mol. The fourth-order valence-corrected chi connectivity index (χ4v) is 2.50. The Hall–Kier alpha value is -2.22. The summed E-state index contributed by atoms with van der Waals surface area (Å²) in [7, 11) is 0. The van der Waals surface area contributed by atoms with Gasteiger partial charge in [0.1, 0.15) is 5.69 Å². The third-order valence-corrected chi connectivity index (χ3v) is 3.55. The monoisotopic (exact) mass is 281 g/mol. The van der Waals surface area contributed by atoms with Crippen LogP contribution in [0.15, 0.2) is 18.2 Å². The van der Waals surface area contributed by atoms with Crippen molar-refractivity contribution in [2.45, 2.75) is 25.3 Å². The number of rotatable bonds is 5. The van der Waals surface area contributed by atoms with E-state index < -0.39 is 9.85 Å². The van der Waals surface area contributed by atoms with E-state index in [1.54, 1.807) is 0 Å². The van der Waals surface area contributed by atoms with Crippen LogP contribution < -0.4 is 5.32 Å². The average Bonchev–Trinajstić information content (AvgIpc) is 2.86. The summed E-state index contributed by atoms with van der Waals surface area (Å²) in [6.07, 6.45) is 2.43. The lowest BCUT2D eigenvalue weighted by Crippen LogP contribution is -2.17. The van der Waals surface area contributed by atoms with E-state index in [9.17, 15) is 20.2 Å². The largest absolute Gasteiger partial charge is 0.396 e. The summed E-state index contributed by atoms with van der Waals surface area (Å²) in [4.78, 5) is 20.4. The van der Waals surface area contributed by atoms with Crippen LogP contribution in [0.4, 0.5) is 17.1 Å². The van der Waals surface area contributed by atoms with Crippen molar-refractivity contribution in [2.24, 2.45) is 5.92 Å². The first-order valence-corrected chi connectivity index (χ1v) is 6.31. The van der Waals surface area contributed by atoms with Gasteiger partial charge in [0.15, 0.2) is 0 Å². The van der Waals surface area contributed by atoms with E-state index in [0.29, 0.717) is 0 Å². The standard InChI is InChI=1S/C12H15N3O5/c16-7-8-1-2-9(5-8)13-11-4-3-10(14(17)18)6-12(11)15(19)20/h3-4,6,8-9,13,16H,1-2,5,7H2. The lowest BCUT2D eigenvalue weighted by Gasteiger charge is -2.14. The minimum absolute atomic E-state index is 0.0484. The van der Waals surface area contributed by atoms with Gasteiger partial charge in [-0.1, -0.05) is 0 Å². The zero-order valence-electron chi connectivity index (χ0n) is 10.7. The number of nitrogens with zero attached hydrogens (tertiary/aromatic N) is 2. The summed E-state index contributed by atoms with van der Waals surface area (Å²) in [6.45, 7) is 0.112. The van der Waals surface area contributed by atoms with Crippen molar-refractivity contribution in [3.05, 3.63) is 38.4 Å². The quantitative estimate of drug-likeness (QED) is 0.630. The van der Waals surface area contributed by atoms with Crippen LogP contribution in [0, 0.1) is 26.1 Å². The van der Waals surface area contributed by atoms with Crippen molar-refractivity contribution in [1.82, 2.24) is 0 Å². The lowest BCUT2D eigenvalue weighted by atomic mass is 10.1. The molecule has 0 aliphatic heterocycles. The molecule has 2 rings (SSSR count). The van der Waals surface area contributed by atoms with E-state index in [1.807, 2.05) is 0 Å². The molecule has 0 spiro atoms. The Balaban J connectivity index is 2.19. The topological polar surface area (TPSA) is 119 Å². The number of aliphatic hydroxyl groups is 1. The predicted octanol–water partition coefficient (Wildman–Crippen LogP) is 2.08. The van der Waals surface area contributed by atoms with Crippen molar-refractivity contribution >= 4 is 17.1 Å². The van der Waals surface area contributed by atoms with Gasteiger partial charge in [-0.2, -0.15) is 0 Å². The van der Waals surface area contributed by atoms with Gasteiger partial charge in [0.25, 0.3) is 11.4 Å². The maximum absolute atomic E-state index is 11.0. The fraction of sp³-hybridized carbons (Fsp3) is 0.500. The molecule has 1 aromatic carbocycles. The number of anilines is 1. The molecule has 2 N–H and O–H groups in total. The second kappa shape index (κ2) is 5.83. The number of benzene rings is 1. The number of nitrogens with one attached hydrogen (secondary N) is 1. The Labute approximate surface area is 114 Å². The Bertz CT molecular complexity index is 534. The van der Waals surface area contributed by atoms with Crippen LogP contribution in [0.25, 0.3) is 0 Å². The summed E-state index contributed by atoms with van der Waals surface area (Å²) >= 11 is 0. The van der Waals surface area contributed by atoms with Gasteiger partial charge in [0.2, 0.25) is 0 Å². The van der Waals surface area contributed by atoms with Crippen molar-refractivity contribution in [3.63, 3.8) is 0 Å². The zero-order valence-corrected chi connectivity index (χ0v) is 10.7. The third kappa shape index (κ3) is 3.02. The number of aliphatic hydroxyl groups excluding tert-OH is 1. The smallest absolute Gasteiger partial charge is 0.299 e. The predicted molar refractivity (Wildman–Crippen MR) is 71.6 cm³/mol. The summed E-state index contributed by atoms with van der Waals surface area (Å²) in [5.41, 5.74) is -0.322. The van der Waals surface area contributed by atoms with Gasteiger partial charge >= 0.3 is 0 Å². The highest BCUT2D eigenvalue weighted by molar-refractivity contribution is 5.65.